The first-order chi connectivity index (χ1) is 14.4. The minimum Gasteiger partial charge on any atom is -0.453 e. The zero-order chi connectivity index (χ0) is 23.3. The Labute approximate surface area is 178 Å². The number of alkyl halides is 3. The summed E-state index contributed by atoms with van der Waals surface area (Å²) >= 11 is 0. The zero-order valence-corrected chi connectivity index (χ0v) is 17.6. The average molecular weight is 433 g/mol. The van der Waals surface area contributed by atoms with Crippen molar-refractivity contribution in [1.82, 2.24) is 4.57 Å². The molecule has 0 aliphatic heterocycles. The first-order valence-electron chi connectivity index (χ1n) is 9.26. The van der Waals surface area contributed by atoms with E-state index in [1.807, 2.05) is 31.1 Å². The molecule has 0 atom stereocenters. The number of nitrogens with zero attached hydrogens (tertiary/aromatic N) is 3. The molecule has 0 amide bonds. The minimum atomic E-state index is -4.43. The van der Waals surface area contributed by atoms with Gasteiger partial charge in [-0.1, -0.05) is 12.1 Å². The Morgan fingerprint density at radius 2 is 1.81 bits per heavy atom. The normalized spacial score (nSPS) is 11.7. The molecule has 0 unspecified atom stereocenters. The number of aromatic nitrogens is 1. The number of ketones is 1. The molecule has 164 valence electrons. The van der Waals surface area contributed by atoms with E-state index >= 15 is 0 Å². The fourth-order valence-corrected chi connectivity index (χ4v) is 2.96. The maximum atomic E-state index is 12.7. The highest BCUT2D eigenvalue weighted by molar-refractivity contribution is 6.02. The predicted octanol–water partition coefficient (Wildman–Crippen LogP) is 4.07. The summed E-state index contributed by atoms with van der Waals surface area (Å²) in [7, 11) is 3.75. The number of hydrogen-bond acceptors (Lipinski definition) is 5. The maximum Gasteiger partial charge on any atom is 0.406 e. The fourth-order valence-electron chi connectivity index (χ4n) is 2.96. The van der Waals surface area contributed by atoms with Crippen LogP contribution in [0.4, 0.5) is 18.9 Å². The molecule has 0 saturated carbocycles. The topological polar surface area (TPSA) is 75.3 Å². The summed E-state index contributed by atoms with van der Waals surface area (Å²) in [5.41, 5.74) is 1.67. The first kappa shape index (κ1) is 23.7. The van der Waals surface area contributed by atoms with Gasteiger partial charge in [-0.15, -0.1) is 0 Å². The molecular weight excluding hydrogens is 411 g/mol. The van der Waals surface area contributed by atoms with Gasteiger partial charge in [0, 0.05) is 36.7 Å². The summed E-state index contributed by atoms with van der Waals surface area (Å²) in [5, 5.41) is 9.25. The Morgan fingerprint density at radius 3 is 2.32 bits per heavy atom. The molecular formula is C22H22F3N3O3. The molecule has 31 heavy (non-hydrogen) atoms. The van der Waals surface area contributed by atoms with E-state index < -0.39 is 31.1 Å². The van der Waals surface area contributed by atoms with Crippen LogP contribution in [-0.2, 0) is 16.1 Å². The molecule has 0 bridgehead atoms. The highest BCUT2D eigenvalue weighted by atomic mass is 19.4. The van der Waals surface area contributed by atoms with Crippen molar-refractivity contribution in [3.05, 3.63) is 58.4 Å². The van der Waals surface area contributed by atoms with E-state index in [-0.39, 0.29) is 22.5 Å². The van der Waals surface area contributed by atoms with Gasteiger partial charge in [-0.05, 0) is 43.7 Å². The van der Waals surface area contributed by atoms with Gasteiger partial charge in [-0.25, -0.2) is 4.79 Å². The lowest BCUT2D eigenvalue weighted by Crippen LogP contribution is -2.20. The van der Waals surface area contributed by atoms with Crippen LogP contribution in [0.15, 0.2) is 35.9 Å². The Bertz CT molecular complexity index is 1040. The second kappa shape index (κ2) is 9.51. The lowest BCUT2D eigenvalue weighted by Gasteiger charge is -2.12. The lowest BCUT2D eigenvalue weighted by atomic mass is 10.1. The molecule has 1 aromatic carbocycles. The molecule has 0 spiro atoms. The second-order valence-electron chi connectivity index (χ2n) is 7.14. The number of carbonyl (C=O) groups excluding carboxylic acids is 2. The van der Waals surface area contributed by atoms with Crippen LogP contribution >= 0.6 is 0 Å². The molecule has 0 N–H and O–H groups in total. The summed E-state index contributed by atoms with van der Waals surface area (Å²) in [6.45, 7) is 0.949. The number of esters is 1. The zero-order valence-electron chi connectivity index (χ0n) is 17.6. The van der Waals surface area contributed by atoms with E-state index in [0.717, 1.165) is 10.3 Å². The van der Waals surface area contributed by atoms with Crippen LogP contribution in [0.5, 0.6) is 0 Å². The van der Waals surface area contributed by atoms with Gasteiger partial charge in [0.2, 0.25) is 5.78 Å². The van der Waals surface area contributed by atoms with Crippen LogP contribution < -0.4 is 4.90 Å². The van der Waals surface area contributed by atoms with Gasteiger partial charge < -0.3 is 14.2 Å². The number of ether oxygens (including phenoxy) is 1. The number of rotatable bonds is 7. The number of anilines is 1. The highest BCUT2D eigenvalue weighted by Crippen LogP contribution is 2.23. The standard InChI is InChI=1S/C22H22F3N3O3/c1-14-9-19(15(2)28(14)13-22(23,24)25)20(29)12-31-21(30)17(11-26)10-16-5-7-18(8-6-16)27(3)4/h5-10H,12-13H2,1-4H3. The van der Waals surface area contributed by atoms with Crippen molar-refractivity contribution in [3.63, 3.8) is 0 Å². The molecule has 0 aliphatic carbocycles. The van der Waals surface area contributed by atoms with Gasteiger partial charge in [0.15, 0.2) is 6.61 Å². The monoisotopic (exact) mass is 433 g/mol. The third kappa shape index (κ3) is 6.22. The minimum absolute atomic E-state index is 0.0383. The van der Waals surface area contributed by atoms with E-state index in [9.17, 15) is 28.0 Å². The number of aryl methyl sites for hydroxylation is 1. The van der Waals surface area contributed by atoms with E-state index in [2.05, 4.69) is 0 Å². The third-order valence-electron chi connectivity index (χ3n) is 4.61. The molecule has 6 nitrogen and oxygen atoms in total. The summed E-state index contributed by atoms with van der Waals surface area (Å²) in [6.07, 6.45) is -3.10. The molecule has 0 fully saturated rings. The molecule has 2 aromatic rings. The summed E-state index contributed by atoms with van der Waals surface area (Å²) in [5.74, 6) is -1.64. The van der Waals surface area contributed by atoms with Gasteiger partial charge in [-0.2, -0.15) is 18.4 Å². The molecule has 0 aliphatic rings. The van der Waals surface area contributed by atoms with Gasteiger partial charge in [-0.3, -0.25) is 4.79 Å². The number of benzene rings is 1. The first-order valence-corrected chi connectivity index (χ1v) is 9.26. The Balaban J connectivity index is 2.09. The van der Waals surface area contributed by atoms with Crippen LogP contribution in [0.3, 0.4) is 0 Å². The second-order valence-corrected chi connectivity index (χ2v) is 7.14. The van der Waals surface area contributed by atoms with Gasteiger partial charge in [0.25, 0.3) is 0 Å². The largest absolute Gasteiger partial charge is 0.453 e. The SMILES string of the molecule is Cc1cc(C(=O)COC(=O)C(C#N)=Cc2ccc(N(C)C)cc2)c(C)n1CC(F)(F)F. The molecule has 2 rings (SSSR count). The summed E-state index contributed by atoms with van der Waals surface area (Å²) in [4.78, 5) is 26.5. The van der Waals surface area contributed by atoms with Crippen LogP contribution in [0, 0.1) is 25.2 Å². The Hall–Kier alpha value is -3.54. The highest BCUT2D eigenvalue weighted by Gasteiger charge is 2.30. The molecule has 9 heteroatoms. The lowest BCUT2D eigenvalue weighted by molar-refractivity contribution is -0.141. The number of carbonyl (C=O) groups is 2. The fraction of sp³-hybridized carbons (Fsp3) is 0.318. The van der Waals surface area contributed by atoms with Crippen molar-refractivity contribution >= 4 is 23.5 Å². The van der Waals surface area contributed by atoms with E-state index in [1.54, 1.807) is 18.2 Å². The Morgan fingerprint density at radius 1 is 1.19 bits per heavy atom. The summed E-state index contributed by atoms with van der Waals surface area (Å²) in [6, 6.07) is 10.1. The molecule has 1 heterocycles. The maximum absolute atomic E-state index is 12.7. The van der Waals surface area contributed by atoms with Crippen molar-refractivity contribution in [2.75, 3.05) is 25.6 Å². The van der Waals surface area contributed by atoms with Crippen LogP contribution in [0.2, 0.25) is 0 Å². The van der Waals surface area contributed by atoms with Crippen molar-refractivity contribution in [3.8, 4) is 6.07 Å². The van der Waals surface area contributed by atoms with E-state index in [0.29, 0.717) is 5.56 Å². The van der Waals surface area contributed by atoms with Crippen molar-refractivity contribution in [1.29, 1.82) is 5.26 Å². The van der Waals surface area contributed by atoms with Gasteiger partial charge >= 0.3 is 12.1 Å². The third-order valence-corrected chi connectivity index (χ3v) is 4.61. The van der Waals surface area contributed by atoms with Gasteiger partial charge in [0.05, 0.1) is 0 Å². The van der Waals surface area contributed by atoms with Crippen molar-refractivity contribution in [2.45, 2.75) is 26.6 Å². The number of nitriles is 1. The van der Waals surface area contributed by atoms with Crippen LogP contribution in [-0.4, -0.2) is 43.2 Å². The van der Waals surface area contributed by atoms with E-state index in [4.69, 9.17) is 4.74 Å². The molecule has 0 saturated heterocycles. The van der Waals surface area contributed by atoms with Crippen molar-refractivity contribution < 1.29 is 27.5 Å². The van der Waals surface area contributed by atoms with Crippen LogP contribution in [0.1, 0.15) is 27.3 Å². The quantitative estimate of drug-likeness (QED) is 0.285. The Kier molecular flexibility index (Phi) is 7.28. The molecule has 0 radical (unpaired) electrons. The van der Waals surface area contributed by atoms with Crippen LogP contribution in [0.25, 0.3) is 6.08 Å². The average Bonchev–Trinajstić information content (AvgIpc) is 2.97. The van der Waals surface area contributed by atoms with E-state index in [1.165, 1.54) is 26.0 Å². The number of Topliss-reactive ketones (excluding diaryl/α,β-unsaturated/α-hetero) is 1. The smallest absolute Gasteiger partial charge is 0.406 e. The summed E-state index contributed by atoms with van der Waals surface area (Å²) < 4.78 is 44.1. The van der Waals surface area contributed by atoms with Crippen molar-refractivity contribution in [2.24, 2.45) is 0 Å². The molecule has 1 aromatic heterocycles. The predicted molar refractivity (Wildman–Crippen MR) is 110 cm³/mol. The number of hydrogen-bond donors (Lipinski definition) is 0. The van der Waals surface area contributed by atoms with Gasteiger partial charge in [0.1, 0.15) is 18.2 Å². The number of halogens is 3.